The molecule has 4 N–H and O–H groups in total. The number of nitrogens with two attached hydrogens (primary N) is 1. The standard InChI is InChI=1S/C15H18N4O2.2ClH/c1-10(16)8-13(20)18-9-14(21)19-12-6-2-4-11-5-3-7-17-15(11)12;;/h2-7,10H,8-9,16H2,1H3,(H,18,20)(H,19,21);2*1H. The molecule has 126 valence electrons. The Hall–Kier alpha value is -1.89. The molecule has 2 amide bonds. The van der Waals surface area contributed by atoms with Crippen molar-refractivity contribution in [3.8, 4) is 0 Å². The predicted octanol–water partition coefficient (Wildman–Crippen LogP) is 1.87. The number of halogens is 2. The van der Waals surface area contributed by atoms with Crippen LogP contribution in [-0.4, -0.2) is 29.4 Å². The Morgan fingerprint density at radius 3 is 2.57 bits per heavy atom. The number of nitrogens with zero attached hydrogens (tertiary/aromatic N) is 1. The fraction of sp³-hybridized carbons (Fsp3) is 0.267. The number of para-hydroxylation sites is 1. The maximum Gasteiger partial charge on any atom is 0.243 e. The molecule has 2 aromatic rings. The van der Waals surface area contributed by atoms with Crippen LogP contribution >= 0.6 is 24.8 Å². The van der Waals surface area contributed by atoms with Crippen LogP contribution in [0.15, 0.2) is 36.5 Å². The third-order valence-corrected chi connectivity index (χ3v) is 2.86. The normalized spacial score (nSPS) is 10.9. The molecule has 0 fully saturated rings. The first kappa shape index (κ1) is 21.1. The van der Waals surface area contributed by atoms with E-state index in [2.05, 4.69) is 15.6 Å². The number of carbonyl (C=O) groups excluding carboxylic acids is 2. The number of hydrogen-bond donors (Lipinski definition) is 3. The quantitative estimate of drug-likeness (QED) is 0.759. The molecule has 1 atom stereocenters. The van der Waals surface area contributed by atoms with Gasteiger partial charge in [0.25, 0.3) is 0 Å². The molecule has 0 radical (unpaired) electrons. The SMILES string of the molecule is CC(N)CC(=O)NCC(=O)Nc1cccc2cccnc12.Cl.Cl. The Balaban J connectivity index is 0.00000242. The Morgan fingerprint density at radius 2 is 1.87 bits per heavy atom. The summed E-state index contributed by atoms with van der Waals surface area (Å²) in [5, 5.41) is 6.22. The van der Waals surface area contributed by atoms with E-state index in [0.29, 0.717) is 5.69 Å². The third-order valence-electron chi connectivity index (χ3n) is 2.86. The zero-order valence-electron chi connectivity index (χ0n) is 12.6. The van der Waals surface area contributed by atoms with E-state index in [1.807, 2.05) is 24.3 Å². The van der Waals surface area contributed by atoms with Gasteiger partial charge in [-0.05, 0) is 19.1 Å². The minimum Gasteiger partial charge on any atom is -0.347 e. The third kappa shape index (κ3) is 6.40. The number of hydrogen-bond acceptors (Lipinski definition) is 4. The highest BCUT2D eigenvalue weighted by atomic mass is 35.5. The summed E-state index contributed by atoms with van der Waals surface area (Å²) in [5.74, 6) is -0.539. The van der Waals surface area contributed by atoms with Crippen LogP contribution in [0.4, 0.5) is 5.69 Å². The van der Waals surface area contributed by atoms with Crippen LogP contribution < -0.4 is 16.4 Å². The van der Waals surface area contributed by atoms with Gasteiger partial charge in [0.2, 0.25) is 11.8 Å². The second-order valence-corrected chi connectivity index (χ2v) is 4.89. The summed E-state index contributed by atoms with van der Waals surface area (Å²) in [7, 11) is 0. The monoisotopic (exact) mass is 358 g/mol. The molecule has 1 aromatic heterocycles. The lowest BCUT2D eigenvalue weighted by Gasteiger charge is -2.09. The lowest BCUT2D eigenvalue weighted by Crippen LogP contribution is -2.35. The molecule has 0 aliphatic heterocycles. The zero-order chi connectivity index (χ0) is 15.2. The van der Waals surface area contributed by atoms with Crippen LogP contribution in [0, 0.1) is 0 Å². The van der Waals surface area contributed by atoms with Crippen LogP contribution in [-0.2, 0) is 9.59 Å². The first-order valence-electron chi connectivity index (χ1n) is 6.72. The van der Waals surface area contributed by atoms with Crippen molar-refractivity contribution >= 4 is 53.2 Å². The van der Waals surface area contributed by atoms with E-state index in [1.54, 1.807) is 19.2 Å². The summed E-state index contributed by atoms with van der Waals surface area (Å²) in [6, 6.07) is 9.06. The van der Waals surface area contributed by atoms with Gasteiger partial charge in [-0.15, -0.1) is 24.8 Å². The lowest BCUT2D eigenvalue weighted by molar-refractivity contribution is -0.124. The summed E-state index contributed by atoms with van der Waals surface area (Å²) in [6.07, 6.45) is 1.87. The fourth-order valence-corrected chi connectivity index (χ4v) is 1.94. The molecular formula is C15H20Cl2N4O2. The van der Waals surface area contributed by atoms with Crippen LogP contribution in [0.1, 0.15) is 13.3 Å². The van der Waals surface area contributed by atoms with Gasteiger partial charge in [-0.1, -0.05) is 18.2 Å². The smallest absolute Gasteiger partial charge is 0.243 e. The van der Waals surface area contributed by atoms with Crippen molar-refractivity contribution < 1.29 is 9.59 Å². The molecule has 0 aliphatic carbocycles. The summed E-state index contributed by atoms with van der Waals surface area (Å²) in [5.41, 5.74) is 6.86. The molecule has 0 saturated carbocycles. The highest BCUT2D eigenvalue weighted by Crippen LogP contribution is 2.20. The van der Waals surface area contributed by atoms with Crippen molar-refractivity contribution in [1.29, 1.82) is 0 Å². The van der Waals surface area contributed by atoms with Gasteiger partial charge in [0.1, 0.15) is 0 Å². The van der Waals surface area contributed by atoms with Gasteiger partial charge in [-0.25, -0.2) is 0 Å². The van der Waals surface area contributed by atoms with Crippen LogP contribution in [0.2, 0.25) is 0 Å². The van der Waals surface area contributed by atoms with Gasteiger partial charge in [0.05, 0.1) is 17.7 Å². The Kier molecular flexibility index (Phi) is 9.17. The maximum absolute atomic E-state index is 11.9. The molecular weight excluding hydrogens is 339 g/mol. The first-order valence-corrected chi connectivity index (χ1v) is 6.72. The molecule has 0 spiro atoms. The molecule has 6 nitrogen and oxygen atoms in total. The summed E-state index contributed by atoms with van der Waals surface area (Å²) < 4.78 is 0. The number of benzene rings is 1. The van der Waals surface area contributed by atoms with Gasteiger partial charge in [-0.3, -0.25) is 14.6 Å². The summed E-state index contributed by atoms with van der Waals surface area (Å²) >= 11 is 0. The number of amides is 2. The topological polar surface area (TPSA) is 97.1 Å². The largest absolute Gasteiger partial charge is 0.347 e. The van der Waals surface area contributed by atoms with E-state index in [4.69, 9.17) is 5.73 Å². The molecule has 0 aliphatic rings. The molecule has 2 rings (SSSR count). The molecule has 8 heteroatoms. The number of fused-ring (bicyclic) bond motifs is 1. The summed E-state index contributed by atoms with van der Waals surface area (Å²) in [4.78, 5) is 27.6. The molecule has 1 aromatic carbocycles. The average Bonchev–Trinajstić information content (AvgIpc) is 2.45. The van der Waals surface area contributed by atoms with E-state index >= 15 is 0 Å². The van der Waals surface area contributed by atoms with Crippen molar-refractivity contribution in [2.45, 2.75) is 19.4 Å². The maximum atomic E-state index is 11.9. The second-order valence-electron chi connectivity index (χ2n) is 4.89. The van der Waals surface area contributed by atoms with Crippen molar-refractivity contribution in [2.24, 2.45) is 5.73 Å². The van der Waals surface area contributed by atoms with E-state index in [0.717, 1.165) is 10.9 Å². The highest BCUT2D eigenvalue weighted by Gasteiger charge is 2.09. The van der Waals surface area contributed by atoms with Gasteiger partial charge in [0.15, 0.2) is 0 Å². The minimum atomic E-state index is -0.300. The number of aromatic nitrogens is 1. The molecule has 1 heterocycles. The van der Waals surface area contributed by atoms with E-state index in [1.165, 1.54) is 0 Å². The number of nitrogens with one attached hydrogen (secondary N) is 2. The molecule has 0 saturated heterocycles. The van der Waals surface area contributed by atoms with Gasteiger partial charge >= 0.3 is 0 Å². The Morgan fingerprint density at radius 1 is 1.17 bits per heavy atom. The summed E-state index contributed by atoms with van der Waals surface area (Å²) in [6.45, 7) is 1.65. The van der Waals surface area contributed by atoms with E-state index in [-0.39, 0.29) is 55.6 Å². The van der Waals surface area contributed by atoms with Crippen molar-refractivity contribution in [2.75, 3.05) is 11.9 Å². The second kappa shape index (κ2) is 9.99. The van der Waals surface area contributed by atoms with Crippen molar-refractivity contribution in [1.82, 2.24) is 10.3 Å². The highest BCUT2D eigenvalue weighted by molar-refractivity contribution is 6.01. The van der Waals surface area contributed by atoms with Crippen molar-refractivity contribution in [3.63, 3.8) is 0 Å². The Labute approximate surface area is 147 Å². The average molecular weight is 359 g/mol. The van der Waals surface area contributed by atoms with Crippen LogP contribution in [0.5, 0.6) is 0 Å². The zero-order valence-corrected chi connectivity index (χ0v) is 14.2. The molecule has 0 bridgehead atoms. The number of carbonyl (C=O) groups is 2. The minimum absolute atomic E-state index is 0. The van der Waals surface area contributed by atoms with Crippen LogP contribution in [0.3, 0.4) is 0 Å². The van der Waals surface area contributed by atoms with Crippen molar-refractivity contribution in [3.05, 3.63) is 36.5 Å². The fourth-order valence-electron chi connectivity index (χ4n) is 1.94. The van der Waals surface area contributed by atoms with Gasteiger partial charge in [0, 0.05) is 24.0 Å². The van der Waals surface area contributed by atoms with Gasteiger partial charge < -0.3 is 16.4 Å². The van der Waals surface area contributed by atoms with E-state index in [9.17, 15) is 9.59 Å². The Bertz CT molecular complexity index is 659. The first-order chi connectivity index (χ1) is 10.1. The predicted molar refractivity (Wildman–Crippen MR) is 96.1 cm³/mol. The number of pyridine rings is 1. The number of anilines is 1. The van der Waals surface area contributed by atoms with Crippen LogP contribution in [0.25, 0.3) is 10.9 Å². The lowest BCUT2D eigenvalue weighted by atomic mass is 10.2. The van der Waals surface area contributed by atoms with Gasteiger partial charge in [-0.2, -0.15) is 0 Å². The molecule has 23 heavy (non-hydrogen) atoms. The molecule has 1 unspecified atom stereocenters. The van der Waals surface area contributed by atoms with E-state index < -0.39 is 0 Å². The number of rotatable bonds is 5.